The molecule has 4 N–H and O–H groups in total. The Morgan fingerprint density at radius 2 is 1.71 bits per heavy atom. The number of rotatable bonds is 8. The molecule has 0 aliphatic carbocycles. The molecule has 0 atom stereocenters. The van der Waals surface area contributed by atoms with Gasteiger partial charge in [-0.25, -0.2) is 0 Å². The first-order chi connectivity index (χ1) is 16.9. The van der Waals surface area contributed by atoms with Crippen molar-refractivity contribution in [2.75, 3.05) is 19.4 Å². The summed E-state index contributed by atoms with van der Waals surface area (Å²) in [6, 6.07) is 21.2. The maximum atomic E-state index is 13.4. The molecule has 178 valence electrons. The Kier molecular flexibility index (Phi) is 7.44. The molecule has 0 saturated carbocycles. The minimum absolute atomic E-state index is 0.0695. The van der Waals surface area contributed by atoms with Crippen LogP contribution in [0, 0.1) is 0 Å². The van der Waals surface area contributed by atoms with Crippen LogP contribution in [0.25, 0.3) is 11.1 Å². The highest BCUT2D eigenvalue weighted by Crippen LogP contribution is 2.38. The number of nitrogens with two attached hydrogens (primary N) is 1. The molecule has 35 heavy (non-hydrogen) atoms. The highest BCUT2D eigenvalue weighted by atomic mass is 35.5. The van der Waals surface area contributed by atoms with Crippen LogP contribution in [0.15, 0.2) is 72.8 Å². The number of aromatic amines is 1. The molecule has 0 spiro atoms. The van der Waals surface area contributed by atoms with E-state index >= 15 is 0 Å². The summed E-state index contributed by atoms with van der Waals surface area (Å²) in [5, 5.41) is 3.62. The number of nitrogen functional groups attached to an aromatic ring is 1. The molecule has 1 aromatic heterocycles. The van der Waals surface area contributed by atoms with Crippen LogP contribution < -0.4 is 15.8 Å². The van der Waals surface area contributed by atoms with Gasteiger partial charge >= 0.3 is 0 Å². The number of ketones is 1. The van der Waals surface area contributed by atoms with E-state index in [0.29, 0.717) is 39.7 Å². The molecule has 8 heteroatoms. The maximum absolute atomic E-state index is 13.4. The number of nitrogens with one attached hydrogen (secondary N) is 2. The van der Waals surface area contributed by atoms with Gasteiger partial charge in [-0.15, -0.1) is 0 Å². The lowest BCUT2D eigenvalue weighted by atomic mass is 9.96. The van der Waals surface area contributed by atoms with Gasteiger partial charge < -0.3 is 20.8 Å². The van der Waals surface area contributed by atoms with Crippen LogP contribution in [0.2, 0.25) is 10.0 Å². The van der Waals surface area contributed by atoms with Gasteiger partial charge in [0, 0.05) is 33.3 Å². The number of amides is 1. The molecule has 0 unspecified atom stereocenters. The maximum Gasteiger partial charge on any atom is 0.255 e. The van der Waals surface area contributed by atoms with Crippen molar-refractivity contribution in [2.24, 2.45) is 0 Å². The van der Waals surface area contributed by atoms with Crippen molar-refractivity contribution in [3.63, 3.8) is 0 Å². The third-order valence-corrected chi connectivity index (χ3v) is 6.14. The summed E-state index contributed by atoms with van der Waals surface area (Å²) in [6.07, 6.45) is 0.549. The van der Waals surface area contributed by atoms with Gasteiger partial charge in [0.15, 0.2) is 0 Å². The van der Waals surface area contributed by atoms with Crippen molar-refractivity contribution in [3.05, 3.63) is 105 Å². The third kappa shape index (κ3) is 5.19. The Bertz CT molecular complexity index is 1380. The molecular weight excluding hydrogens is 485 g/mol. The Morgan fingerprint density at radius 1 is 1.00 bits per heavy atom. The second kappa shape index (κ2) is 10.7. The number of hydrogen-bond donors (Lipinski definition) is 3. The van der Waals surface area contributed by atoms with E-state index in [1.165, 1.54) is 0 Å². The zero-order valence-corrected chi connectivity index (χ0v) is 20.4. The van der Waals surface area contributed by atoms with Crippen molar-refractivity contribution < 1.29 is 14.3 Å². The Balaban J connectivity index is 1.71. The van der Waals surface area contributed by atoms with E-state index in [9.17, 15) is 9.59 Å². The van der Waals surface area contributed by atoms with Gasteiger partial charge in [0.05, 0.1) is 18.4 Å². The predicted octanol–water partition coefficient (Wildman–Crippen LogP) is 5.78. The number of aromatic nitrogens is 1. The number of halogens is 2. The Morgan fingerprint density at radius 3 is 2.43 bits per heavy atom. The van der Waals surface area contributed by atoms with Gasteiger partial charge in [-0.1, -0.05) is 77.8 Å². The summed E-state index contributed by atoms with van der Waals surface area (Å²) in [5.41, 5.74) is 8.77. The van der Waals surface area contributed by atoms with E-state index in [1.807, 2.05) is 30.3 Å². The summed E-state index contributed by atoms with van der Waals surface area (Å²) in [5.74, 6) is 0.0699. The van der Waals surface area contributed by atoms with Gasteiger partial charge in [0.2, 0.25) is 5.78 Å². The summed E-state index contributed by atoms with van der Waals surface area (Å²) in [6.45, 7) is 0.333. The van der Waals surface area contributed by atoms with Crippen LogP contribution in [-0.2, 0) is 6.42 Å². The van der Waals surface area contributed by atoms with Crippen LogP contribution in [-0.4, -0.2) is 30.3 Å². The number of methoxy groups -OCH3 is 1. The molecule has 0 saturated heterocycles. The molecule has 0 fully saturated rings. The van der Waals surface area contributed by atoms with Gasteiger partial charge in [0.1, 0.15) is 11.6 Å². The van der Waals surface area contributed by atoms with Crippen molar-refractivity contribution in [2.45, 2.75) is 6.42 Å². The van der Waals surface area contributed by atoms with Crippen LogP contribution in [0.3, 0.4) is 0 Å². The van der Waals surface area contributed by atoms with Crippen molar-refractivity contribution in [1.82, 2.24) is 10.3 Å². The number of anilines is 1. The highest BCUT2D eigenvalue weighted by Gasteiger charge is 2.28. The van der Waals surface area contributed by atoms with Crippen LogP contribution >= 0.6 is 23.2 Å². The van der Waals surface area contributed by atoms with E-state index in [0.717, 1.165) is 11.3 Å². The van der Waals surface area contributed by atoms with Crippen molar-refractivity contribution >= 4 is 40.7 Å². The second-order valence-electron chi connectivity index (χ2n) is 7.80. The molecule has 6 nitrogen and oxygen atoms in total. The smallest absolute Gasteiger partial charge is 0.255 e. The molecule has 0 aliphatic rings. The summed E-state index contributed by atoms with van der Waals surface area (Å²) >= 11 is 12.6. The molecule has 4 rings (SSSR count). The number of carbonyl (C=O) groups is 2. The van der Waals surface area contributed by atoms with Gasteiger partial charge in [-0.05, 0) is 30.2 Å². The quantitative estimate of drug-likeness (QED) is 0.263. The fraction of sp³-hybridized carbons (Fsp3) is 0.111. The third-order valence-electron chi connectivity index (χ3n) is 5.59. The van der Waals surface area contributed by atoms with Crippen molar-refractivity contribution in [1.29, 1.82) is 0 Å². The lowest BCUT2D eigenvalue weighted by molar-refractivity contribution is 0.0955. The first-order valence-electron chi connectivity index (χ1n) is 10.9. The lowest BCUT2D eigenvalue weighted by Gasteiger charge is -2.12. The molecule has 1 heterocycles. The van der Waals surface area contributed by atoms with Crippen LogP contribution in [0.1, 0.15) is 32.0 Å². The summed E-state index contributed by atoms with van der Waals surface area (Å²) in [7, 11) is 1.60. The fourth-order valence-electron chi connectivity index (χ4n) is 3.93. The SMILES string of the molecule is COc1ccccc1CCNC(=O)c1c(N)[nH]c(C(=O)c2ccccc2)c1-c1ccc(Cl)cc1Cl. The highest BCUT2D eigenvalue weighted by molar-refractivity contribution is 6.37. The number of hydrogen-bond acceptors (Lipinski definition) is 4. The van der Waals surface area contributed by atoms with E-state index in [1.54, 1.807) is 49.6 Å². The van der Waals surface area contributed by atoms with E-state index in [2.05, 4.69) is 10.3 Å². The van der Waals surface area contributed by atoms with Crippen LogP contribution in [0.5, 0.6) is 5.75 Å². The minimum atomic E-state index is -0.429. The number of H-pyrrole nitrogens is 1. The summed E-state index contributed by atoms with van der Waals surface area (Å²) < 4.78 is 5.38. The first-order valence-corrected chi connectivity index (χ1v) is 11.6. The molecule has 3 aromatic carbocycles. The van der Waals surface area contributed by atoms with Crippen LogP contribution in [0.4, 0.5) is 5.82 Å². The summed E-state index contributed by atoms with van der Waals surface area (Å²) in [4.78, 5) is 29.6. The van der Waals surface area contributed by atoms with E-state index in [-0.39, 0.29) is 22.9 Å². The number of carbonyl (C=O) groups excluding carboxylic acids is 2. The average molecular weight is 508 g/mol. The second-order valence-corrected chi connectivity index (χ2v) is 8.64. The van der Waals surface area contributed by atoms with Gasteiger partial charge in [-0.3, -0.25) is 9.59 Å². The standard InChI is InChI=1S/C27H23Cl2N3O3/c1-35-21-10-6-5-7-16(21)13-14-31-27(34)23-22(19-12-11-18(28)15-20(19)29)24(32-26(23)30)25(33)17-8-3-2-4-9-17/h2-12,15,32H,13-14,30H2,1H3,(H,31,34). The monoisotopic (exact) mass is 507 g/mol. The molecule has 1 amide bonds. The topological polar surface area (TPSA) is 97.2 Å². The van der Waals surface area contributed by atoms with Crippen molar-refractivity contribution in [3.8, 4) is 16.9 Å². The molecule has 0 radical (unpaired) electrons. The Labute approximate surface area is 213 Å². The number of para-hydroxylation sites is 1. The first kappa shape index (κ1) is 24.4. The molecule has 4 aromatic rings. The number of benzene rings is 3. The Hall–Kier alpha value is -3.74. The fourth-order valence-corrected chi connectivity index (χ4v) is 4.43. The molecule has 0 bridgehead atoms. The predicted molar refractivity (Wildman–Crippen MR) is 140 cm³/mol. The lowest BCUT2D eigenvalue weighted by Crippen LogP contribution is -2.26. The van der Waals surface area contributed by atoms with E-state index < -0.39 is 5.91 Å². The number of ether oxygens (including phenoxy) is 1. The van der Waals surface area contributed by atoms with E-state index in [4.69, 9.17) is 33.7 Å². The zero-order valence-electron chi connectivity index (χ0n) is 18.9. The molecule has 0 aliphatic heterocycles. The largest absolute Gasteiger partial charge is 0.496 e. The van der Waals surface area contributed by atoms with Gasteiger partial charge in [-0.2, -0.15) is 0 Å². The van der Waals surface area contributed by atoms with Gasteiger partial charge in [0.25, 0.3) is 5.91 Å². The average Bonchev–Trinajstić information content (AvgIpc) is 3.21. The normalized spacial score (nSPS) is 10.7. The minimum Gasteiger partial charge on any atom is -0.496 e. The molecular formula is C27H23Cl2N3O3. The zero-order chi connectivity index (χ0) is 24.9.